The van der Waals surface area contributed by atoms with Gasteiger partial charge in [-0.3, -0.25) is 4.79 Å². The van der Waals surface area contributed by atoms with E-state index >= 15 is 0 Å². The predicted octanol–water partition coefficient (Wildman–Crippen LogP) is 0.760. The molecule has 0 fully saturated rings. The molecule has 0 amide bonds. The third-order valence-corrected chi connectivity index (χ3v) is 4.12. The average Bonchev–Trinajstić information content (AvgIpc) is 2.32. The molecule has 0 heterocycles. The SMILES string of the molecule is Cc1ccc(PC(=O)c2c(C)cccc2C)cc1.[Li+]. The molecule has 0 spiro atoms. The zero-order chi connectivity index (χ0) is 13.1. The molecule has 0 bridgehead atoms. The summed E-state index contributed by atoms with van der Waals surface area (Å²) in [5.74, 6) is 0. The van der Waals surface area contributed by atoms with Crippen molar-refractivity contribution in [3.63, 3.8) is 0 Å². The van der Waals surface area contributed by atoms with Crippen LogP contribution in [0.15, 0.2) is 42.5 Å². The Kier molecular flexibility index (Phi) is 6.02. The summed E-state index contributed by atoms with van der Waals surface area (Å²) in [6.45, 7) is 6.06. The van der Waals surface area contributed by atoms with Gasteiger partial charge in [-0.2, -0.15) is 0 Å². The van der Waals surface area contributed by atoms with E-state index in [1.807, 2.05) is 44.2 Å². The fourth-order valence-corrected chi connectivity index (χ4v) is 3.12. The topological polar surface area (TPSA) is 17.1 Å². The predicted molar refractivity (Wildman–Crippen MR) is 79.4 cm³/mol. The first-order valence-electron chi connectivity index (χ1n) is 6.02. The van der Waals surface area contributed by atoms with E-state index in [9.17, 15) is 4.79 Å². The Bertz CT molecular complexity index is 556. The van der Waals surface area contributed by atoms with Crippen molar-refractivity contribution in [2.45, 2.75) is 20.8 Å². The van der Waals surface area contributed by atoms with Gasteiger partial charge in [-0.1, -0.05) is 48.0 Å². The van der Waals surface area contributed by atoms with Gasteiger partial charge in [-0.25, -0.2) is 0 Å². The summed E-state index contributed by atoms with van der Waals surface area (Å²) >= 11 is 0. The second-order valence-electron chi connectivity index (χ2n) is 4.59. The number of hydrogen-bond donors (Lipinski definition) is 0. The third-order valence-electron chi connectivity index (χ3n) is 3.02. The maximum absolute atomic E-state index is 12.4. The van der Waals surface area contributed by atoms with Crippen molar-refractivity contribution >= 4 is 19.4 Å². The maximum Gasteiger partial charge on any atom is 1.00 e. The fraction of sp³-hybridized carbons (Fsp3) is 0.188. The minimum Gasteiger partial charge on any atom is -0.289 e. The number of carbonyl (C=O) groups excluding carboxylic acids is 1. The van der Waals surface area contributed by atoms with Crippen LogP contribution in [0.25, 0.3) is 0 Å². The molecule has 0 saturated carbocycles. The van der Waals surface area contributed by atoms with E-state index < -0.39 is 0 Å². The summed E-state index contributed by atoms with van der Waals surface area (Å²) in [6, 6.07) is 14.2. The second-order valence-corrected chi connectivity index (χ2v) is 5.87. The van der Waals surface area contributed by atoms with Gasteiger partial charge in [-0.15, -0.1) is 0 Å². The number of aryl methyl sites for hydroxylation is 3. The zero-order valence-corrected chi connectivity index (χ0v) is 12.9. The van der Waals surface area contributed by atoms with E-state index in [2.05, 4.69) is 19.1 Å². The molecule has 0 N–H and O–H groups in total. The van der Waals surface area contributed by atoms with Crippen molar-refractivity contribution in [2.24, 2.45) is 0 Å². The van der Waals surface area contributed by atoms with Gasteiger partial charge in [0.25, 0.3) is 0 Å². The van der Waals surface area contributed by atoms with Crippen molar-refractivity contribution in [1.82, 2.24) is 0 Å². The molecular weight excluding hydrogens is 246 g/mol. The number of carbonyl (C=O) groups is 1. The summed E-state index contributed by atoms with van der Waals surface area (Å²) in [4.78, 5) is 12.4. The number of hydrogen-bond acceptors (Lipinski definition) is 1. The van der Waals surface area contributed by atoms with Gasteiger partial charge in [0.1, 0.15) is 0 Å². The van der Waals surface area contributed by atoms with Crippen LogP contribution >= 0.6 is 8.58 Å². The summed E-state index contributed by atoms with van der Waals surface area (Å²) < 4.78 is 0. The van der Waals surface area contributed by atoms with Crippen molar-refractivity contribution < 1.29 is 23.7 Å². The Morgan fingerprint density at radius 2 is 1.42 bits per heavy atom. The van der Waals surface area contributed by atoms with Crippen LogP contribution in [0.5, 0.6) is 0 Å². The summed E-state index contributed by atoms with van der Waals surface area (Å²) in [6.07, 6.45) is 0. The van der Waals surface area contributed by atoms with Crippen LogP contribution in [0.1, 0.15) is 27.0 Å². The Morgan fingerprint density at radius 3 is 1.95 bits per heavy atom. The molecule has 0 radical (unpaired) electrons. The minimum atomic E-state index is 0. The molecule has 0 saturated heterocycles. The van der Waals surface area contributed by atoms with Crippen LogP contribution in [0.3, 0.4) is 0 Å². The molecule has 19 heavy (non-hydrogen) atoms. The molecule has 0 aliphatic heterocycles. The van der Waals surface area contributed by atoms with E-state index in [0.29, 0.717) is 0 Å². The first kappa shape index (κ1) is 16.2. The maximum atomic E-state index is 12.4. The third kappa shape index (κ3) is 4.05. The standard InChI is InChI=1S/C16H17OP.Li/c1-11-7-9-14(10-8-11)18-16(17)15-12(2)5-4-6-13(15)3;/h4-10,18H,1-3H3;/q;+1. The molecule has 2 rings (SSSR count). The summed E-state index contributed by atoms with van der Waals surface area (Å²) in [5, 5.41) is 1.10. The Hall–Kier alpha value is -0.863. The van der Waals surface area contributed by atoms with Crippen LogP contribution in [0.4, 0.5) is 0 Å². The fourth-order valence-electron chi connectivity index (χ4n) is 2.00. The summed E-state index contributed by atoms with van der Waals surface area (Å²) in [7, 11) is 0.206. The molecule has 0 aromatic heterocycles. The largest absolute Gasteiger partial charge is 1.00 e. The van der Waals surface area contributed by atoms with Crippen LogP contribution < -0.4 is 24.2 Å². The number of rotatable bonds is 3. The van der Waals surface area contributed by atoms with Crippen LogP contribution in [-0.4, -0.2) is 5.52 Å². The smallest absolute Gasteiger partial charge is 0.289 e. The van der Waals surface area contributed by atoms with Crippen LogP contribution in [0, 0.1) is 20.8 Å². The Balaban J connectivity index is 0.00000180. The van der Waals surface area contributed by atoms with E-state index in [0.717, 1.165) is 22.0 Å². The molecule has 2 aromatic rings. The van der Waals surface area contributed by atoms with E-state index in [-0.39, 0.29) is 33.0 Å². The Morgan fingerprint density at radius 1 is 0.895 bits per heavy atom. The first-order valence-corrected chi connectivity index (χ1v) is 7.02. The molecular formula is C16H17LiOP+. The van der Waals surface area contributed by atoms with Gasteiger partial charge in [0, 0.05) is 5.56 Å². The van der Waals surface area contributed by atoms with Crippen LogP contribution in [0.2, 0.25) is 0 Å². The number of benzene rings is 2. The molecule has 1 atom stereocenters. The van der Waals surface area contributed by atoms with Gasteiger partial charge in [0.05, 0.1) is 0 Å². The van der Waals surface area contributed by atoms with Gasteiger partial charge >= 0.3 is 18.9 Å². The van der Waals surface area contributed by atoms with Gasteiger partial charge in [-0.05, 0) is 45.8 Å². The minimum absolute atomic E-state index is 0. The normalized spacial score (nSPS) is 10.5. The van der Waals surface area contributed by atoms with Crippen molar-refractivity contribution in [3.05, 3.63) is 64.7 Å². The quantitative estimate of drug-likeness (QED) is 0.590. The first-order chi connectivity index (χ1) is 8.58. The van der Waals surface area contributed by atoms with E-state index in [1.54, 1.807) is 0 Å². The molecule has 1 unspecified atom stereocenters. The summed E-state index contributed by atoms with van der Waals surface area (Å²) in [5.41, 5.74) is 4.48. The van der Waals surface area contributed by atoms with Gasteiger partial charge in [0.15, 0.2) is 5.52 Å². The van der Waals surface area contributed by atoms with Crippen molar-refractivity contribution in [2.75, 3.05) is 0 Å². The average molecular weight is 263 g/mol. The van der Waals surface area contributed by atoms with Crippen LogP contribution in [-0.2, 0) is 0 Å². The molecule has 0 aliphatic rings. The molecule has 1 nitrogen and oxygen atoms in total. The molecule has 2 aromatic carbocycles. The monoisotopic (exact) mass is 263 g/mol. The van der Waals surface area contributed by atoms with E-state index in [1.165, 1.54) is 5.56 Å². The second kappa shape index (κ2) is 7.06. The van der Waals surface area contributed by atoms with Gasteiger partial charge in [0.2, 0.25) is 0 Å². The zero-order valence-electron chi connectivity index (χ0n) is 11.9. The molecule has 3 heteroatoms. The Labute approximate surface area is 128 Å². The van der Waals surface area contributed by atoms with Crippen molar-refractivity contribution in [1.29, 1.82) is 0 Å². The van der Waals surface area contributed by atoms with E-state index in [4.69, 9.17) is 0 Å². The molecule has 0 aliphatic carbocycles. The molecule has 92 valence electrons. The van der Waals surface area contributed by atoms with Gasteiger partial charge < -0.3 is 0 Å². The van der Waals surface area contributed by atoms with Crippen molar-refractivity contribution in [3.8, 4) is 0 Å².